The molecule has 0 bridgehead atoms. The van der Waals surface area contributed by atoms with E-state index >= 15 is 0 Å². The highest BCUT2D eigenvalue weighted by molar-refractivity contribution is 9.10. The summed E-state index contributed by atoms with van der Waals surface area (Å²) >= 11 is 3.21. The third-order valence-electron chi connectivity index (χ3n) is 1.84. The lowest BCUT2D eigenvalue weighted by molar-refractivity contribution is 0.465. The van der Waals surface area contributed by atoms with E-state index in [-0.39, 0.29) is 6.04 Å². The molecule has 5 nitrogen and oxygen atoms in total. The van der Waals surface area contributed by atoms with E-state index in [1.54, 1.807) is 19.3 Å². The summed E-state index contributed by atoms with van der Waals surface area (Å²) in [5.41, 5.74) is 6.60. The topological polar surface area (TPSA) is 69.9 Å². The minimum atomic E-state index is -0.366. The minimum absolute atomic E-state index is 0.366. The Morgan fingerprint density at radius 1 is 1.57 bits per heavy atom. The number of aromatic nitrogens is 3. The predicted octanol–water partition coefficient (Wildman–Crippen LogP) is 1.22. The molecule has 2 aromatic heterocycles. The first-order valence-corrected chi connectivity index (χ1v) is 4.83. The smallest absolute Gasteiger partial charge is 0.169 e. The molecular formula is C8H9BrN4O. The average Bonchev–Trinajstić information content (AvgIpc) is 2.73. The fourth-order valence-electron chi connectivity index (χ4n) is 1.15. The van der Waals surface area contributed by atoms with E-state index in [0.29, 0.717) is 16.1 Å². The average molecular weight is 257 g/mol. The van der Waals surface area contributed by atoms with Crippen LogP contribution in [-0.2, 0) is 7.05 Å². The highest BCUT2D eigenvalue weighted by Crippen LogP contribution is 2.22. The molecule has 0 aliphatic heterocycles. The number of rotatable bonds is 2. The van der Waals surface area contributed by atoms with Gasteiger partial charge in [-0.1, -0.05) is 0 Å². The van der Waals surface area contributed by atoms with Crippen molar-refractivity contribution in [2.75, 3.05) is 0 Å². The lowest BCUT2D eigenvalue weighted by Gasteiger charge is -2.02. The van der Waals surface area contributed by atoms with Gasteiger partial charge in [0, 0.05) is 7.05 Å². The second-order valence-electron chi connectivity index (χ2n) is 2.88. The molecule has 1 unspecified atom stereocenters. The standard InChI is InChI=1S/C8H9BrN4O/c1-13-11-4-5(12-13)8(10)6-2-3-7(9)14-6/h2-4,8H,10H2,1H3. The fourth-order valence-corrected chi connectivity index (χ4v) is 1.46. The third kappa shape index (κ3) is 1.71. The van der Waals surface area contributed by atoms with Crippen LogP contribution in [0.4, 0.5) is 0 Å². The Labute approximate surface area is 89.0 Å². The Balaban J connectivity index is 2.28. The zero-order chi connectivity index (χ0) is 10.1. The molecule has 0 radical (unpaired) electrons. The van der Waals surface area contributed by atoms with Gasteiger partial charge in [0.25, 0.3) is 0 Å². The van der Waals surface area contributed by atoms with Gasteiger partial charge >= 0.3 is 0 Å². The molecule has 0 saturated carbocycles. The molecule has 74 valence electrons. The van der Waals surface area contributed by atoms with Crippen LogP contribution >= 0.6 is 15.9 Å². The number of halogens is 1. The van der Waals surface area contributed by atoms with Crippen LogP contribution < -0.4 is 5.73 Å². The summed E-state index contributed by atoms with van der Waals surface area (Å²) in [5, 5.41) is 8.04. The minimum Gasteiger partial charge on any atom is -0.452 e. The van der Waals surface area contributed by atoms with Gasteiger partial charge in [-0.15, -0.1) is 0 Å². The van der Waals surface area contributed by atoms with E-state index in [9.17, 15) is 0 Å². The Kier molecular flexibility index (Phi) is 2.39. The van der Waals surface area contributed by atoms with Crippen molar-refractivity contribution in [3.63, 3.8) is 0 Å². The van der Waals surface area contributed by atoms with Crippen molar-refractivity contribution in [2.45, 2.75) is 6.04 Å². The molecule has 2 rings (SSSR count). The molecule has 0 aromatic carbocycles. The van der Waals surface area contributed by atoms with Crippen molar-refractivity contribution in [2.24, 2.45) is 12.8 Å². The van der Waals surface area contributed by atoms with E-state index in [1.807, 2.05) is 6.07 Å². The zero-order valence-electron chi connectivity index (χ0n) is 7.51. The molecular weight excluding hydrogens is 248 g/mol. The molecule has 2 aromatic rings. The Hall–Kier alpha value is -1.14. The lowest BCUT2D eigenvalue weighted by Crippen LogP contribution is -2.11. The van der Waals surface area contributed by atoms with Gasteiger partial charge in [0.1, 0.15) is 17.5 Å². The molecule has 0 saturated heterocycles. The Bertz CT molecular complexity index is 396. The molecule has 0 aliphatic rings. The zero-order valence-corrected chi connectivity index (χ0v) is 9.10. The lowest BCUT2D eigenvalue weighted by atomic mass is 10.2. The summed E-state index contributed by atoms with van der Waals surface area (Å²) < 4.78 is 5.98. The van der Waals surface area contributed by atoms with Gasteiger partial charge in [-0.2, -0.15) is 15.0 Å². The molecule has 0 aliphatic carbocycles. The van der Waals surface area contributed by atoms with Gasteiger partial charge in [0.15, 0.2) is 4.67 Å². The largest absolute Gasteiger partial charge is 0.452 e. The van der Waals surface area contributed by atoms with Crippen LogP contribution in [0.25, 0.3) is 0 Å². The van der Waals surface area contributed by atoms with Crippen LogP contribution in [0.3, 0.4) is 0 Å². The second-order valence-corrected chi connectivity index (χ2v) is 3.66. The molecule has 1 atom stereocenters. The number of hydrogen-bond donors (Lipinski definition) is 1. The van der Waals surface area contributed by atoms with Gasteiger partial charge in [-0.25, -0.2) is 0 Å². The van der Waals surface area contributed by atoms with Crippen LogP contribution in [-0.4, -0.2) is 15.0 Å². The summed E-state index contributed by atoms with van der Waals surface area (Å²) in [5.74, 6) is 0.664. The van der Waals surface area contributed by atoms with Crippen molar-refractivity contribution in [3.05, 3.63) is 34.5 Å². The molecule has 14 heavy (non-hydrogen) atoms. The summed E-state index contributed by atoms with van der Waals surface area (Å²) in [6, 6.07) is 3.24. The summed E-state index contributed by atoms with van der Waals surface area (Å²) in [7, 11) is 1.74. The first-order valence-electron chi connectivity index (χ1n) is 4.04. The maximum absolute atomic E-state index is 5.91. The normalized spacial score (nSPS) is 13.1. The number of furan rings is 1. The van der Waals surface area contributed by atoms with Gasteiger partial charge in [0.2, 0.25) is 0 Å². The van der Waals surface area contributed by atoms with Gasteiger partial charge in [0.05, 0.1) is 6.20 Å². The van der Waals surface area contributed by atoms with Crippen LogP contribution in [0, 0.1) is 0 Å². The van der Waals surface area contributed by atoms with Crippen molar-refractivity contribution >= 4 is 15.9 Å². The third-order valence-corrected chi connectivity index (χ3v) is 2.26. The second kappa shape index (κ2) is 3.55. The quantitative estimate of drug-likeness (QED) is 0.878. The molecule has 2 heterocycles. The maximum atomic E-state index is 5.91. The van der Waals surface area contributed by atoms with Crippen molar-refractivity contribution in [1.29, 1.82) is 0 Å². The fraction of sp³-hybridized carbons (Fsp3) is 0.250. The first kappa shape index (κ1) is 9.42. The van der Waals surface area contributed by atoms with E-state index in [1.165, 1.54) is 4.80 Å². The highest BCUT2D eigenvalue weighted by atomic mass is 79.9. The Morgan fingerprint density at radius 3 is 2.86 bits per heavy atom. The first-order chi connectivity index (χ1) is 6.66. The van der Waals surface area contributed by atoms with Crippen molar-refractivity contribution in [3.8, 4) is 0 Å². The molecule has 0 spiro atoms. The van der Waals surface area contributed by atoms with Crippen LogP contribution in [0.1, 0.15) is 17.5 Å². The number of nitrogens with zero attached hydrogens (tertiary/aromatic N) is 3. The van der Waals surface area contributed by atoms with Gasteiger partial charge < -0.3 is 10.2 Å². The summed E-state index contributed by atoms with van der Waals surface area (Å²) in [4.78, 5) is 1.47. The van der Waals surface area contributed by atoms with Crippen molar-refractivity contribution < 1.29 is 4.42 Å². The molecule has 0 amide bonds. The van der Waals surface area contributed by atoms with E-state index in [4.69, 9.17) is 10.2 Å². The van der Waals surface area contributed by atoms with Crippen LogP contribution in [0.2, 0.25) is 0 Å². The van der Waals surface area contributed by atoms with Crippen LogP contribution in [0.5, 0.6) is 0 Å². The molecule has 2 N–H and O–H groups in total. The molecule has 0 fully saturated rings. The van der Waals surface area contributed by atoms with E-state index in [2.05, 4.69) is 26.1 Å². The molecule has 6 heteroatoms. The van der Waals surface area contributed by atoms with Gasteiger partial charge in [-0.05, 0) is 28.1 Å². The number of aryl methyl sites for hydroxylation is 1. The predicted molar refractivity (Wildman–Crippen MR) is 53.4 cm³/mol. The summed E-state index contributed by atoms with van der Waals surface area (Å²) in [6.07, 6.45) is 1.63. The monoisotopic (exact) mass is 256 g/mol. The summed E-state index contributed by atoms with van der Waals surface area (Å²) in [6.45, 7) is 0. The van der Waals surface area contributed by atoms with Crippen LogP contribution in [0.15, 0.2) is 27.4 Å². The van der Waals surface area contributed by atoms with Gasteiger partial charge in [-0.3, -0.25) is 0 Å². The van der Waals surface area contributed by atoms with E-state index in [0.717, 1.165) is 0 Å². The van der Waals surface area contributed by atoms with E-state index < -0.39 is 0 Å². The Morgan fingerprint density at radius 2 is 2.36 bits per heavy atom. The maximum Gasteiger partial charge on any atom is 0.169 e. The number of hydrogen-bond acceptors (Lipinski definition) is 4. The number of nitrogens with two attached hydrogens (primary N) is 1. The van der Waals surface area contributed by atoms with Crippen molar-refractivity contribution in [1.82, 2.24) is 15.0 Å². The highest BCUT2D eigenvalue weighted by Gasteiger charge is 2.15. The SMILES string of the molecule is Cn1ncc(C(N)c2ccc(Br)o2)n1.